The van der Waals surface area contributed by atoms with Gasteiger partial charge in [-0.1, -0.05) is 0 Å². The Morgan fingerprint density at radius 1 is 0.517 bits per heavy atom. The van der Waals surface area contributed by atoms with Crippen molar-refractivity contribution in [2.24, 2.45) is 0 Å². The van der Waals surface area contributed by atoms with Gasteiger partial charge in [0.2, 0.25) is 0 Å². The van der Waals surface area contributed by atoms with E-state index in [2.05, 4.69) is 97.1 Å². The van der Waals surface area contributed by atoms with E-state index in [0.717, 1.165) is 11.5 Å². The van der Waals surface area contributed by atoms with Crippen LogP contribution < -0.4 is 16.7 Å². The first-order chi connectivity index (χ1) is 14.3. The van der Waals surface area contributed by atoms with Crippen molar-refractivity contribution in [1.29, 1.82) is 0 Å². The fourth-order valence-electron chi connectivity index (χ4n) is 3.26. The van der Waals surface area contributed by atoms with Gasteiger partial charge < -0.3 is 0 Å². The molecule has 4 rings (SSSR count). The molecule has 144 valence electrons. The minimum atomic E-state index is -0.638. The van der Waals surface area contributed by atoms with Crippen LogP contribution in [0.3, 0.4) is 0 Å². The van der Waals surface area contributed by atoms with Crippen molar-refractivity contribution in [3.8, 4) is 33.8 Å². The van der Waals surface area contributed by atoms with Gasteiger partial charge in [-0.05, 0) is 0 Å². The zero-order chi connectivity index (χ0) is 20.1. The maximum absolute atomic E-state index is 5.50. The van der Waals surface area contributed by atoms with Gasteiger partial charge in [0.25, 0.3) is 0 Å². The Labute approximate surface area is 182 Å². The van der Waals surface area contributed by atoms with Gasteiger partial charge in [0.15, 0.2) is 0 Å². The van der Waals surface area contributed by atoms with Gasteiger partial charge in [-0.25, -0.2) is 0 Å². The van der Waals surface area contributed by atoms with Crippen LogP contribution >= 0.6 is 0 Å². The van der Waals surface area contributed by atoms with Gasteiger partial charge in [-0.3, -0.25) is 0 Å². The monoisotopic (exact) mass is 496 g/mol. The summed E-state index contributed by atoms with van der Waals surface area (Å²) in [6.07, 6.45) is 0. The summed E-state index contributed by atoms with van der Waals surface area (Å²) >= 11 is -0.638. The molecule has 0 bridgehead atoms. The summed E-state index contributed by atoms with van der Waals surface area (Å²) in [5, 5.41) is 0. The second kappa shape index (κ2) is 9.18. The summed E-state index contributed by atoms with van der Waals surface area (Å²) in [4.78, 5) is 0. The molecule has 0 aliphatic heterocycles. The van der Waals surface area contributed by atoms with E-state index in [1.54, 1.807) is 14.2 Å². The molecule has 0 heterocycles. The topological polar surface area (TPSA) is 18.5 Å². The van der Waals surface area contributed by atoms with Crippen LogP contribution in [0, 0.1) is 0 Å². The number of hydrogen-bond acceptors (Lipinski definition) is 2. The maximum atomic E-state index is 5.50. The SMILES string of the molecule is COc1ccc([Te]c2ccc(OC)cc2-c2ccccc2)c(-c2ccccc2)c1. The predicted octanol–water partition coefficient (Wildman–Crippen LogP) is 4.69. The van der Waals surface area contributed by atoms with Crippen molar-refractivity contribution >= 4 is 28.1 Å². The van der Waals surface area contributed by atoms with E-state index in [-0.39, 0.29) is 0 Å². The first-order valence-corrected chi connectivity index (χ1v) is 11.8. The van der Waals surface area contributed by atoms with Crippen LogP contribution in [0.2, 0.25) is 0 Å². The van der Waals surface area contributed by atoms with Crippen molar-refractivity contribution in [2.75, 3.05) is 14.2 Å². The van der Waals surface area contributed by atoms with E-state index in [4.69, 9.17) is 9.47 Å². The second-order valence-electron chi connectivity index (χ2n) is 6.56. The molecule has 0 aromatic heterocycles. The molecule has 0 saturated heterocycles. The average molecular weight is 494 g/mol. The molecule has 29 heavy (non-hydrogen) atoms. The predicted molar refractivity (Wildman–Crippen MR) is 122 cm³/mol. The molecule has 4 aromatic rings. The first kappa shape index (κ1) is 19.6. The van der Waals surface area contributed by atoms with Crippen LogP contribution in [0.1, 0.15) is 0 Å². The van der Waals surface area contributed by atoms with Gasteiger partial charge in [-0.2, -0.15) is 0 Å². The quantitative estimate of drug-likeness (QED) is 0.363. The Balaban J connectivity index is 1.81. The molecule has 0 radical (unpaired) electrons. The van der Waals surface area contributed by atoms with Crippen LogP contribution in [0.15, 0.2) is 97.1 Å². The third-order valence-electron chi connectivity index (χ3n) is 4.76. The van der Waals surface area contributed by atoms with E-state index in [1.807, 2.05) is 0 Å². The summed E-state index contributed by atoms with van der Waals surface area (Å²) in [5.74, 6) is 1.77. The Bertz CT molecular complexity index is 1000. The number of ether oxygens (including phenoxy) is 2. The van der Waals surface area contributed by atoms with Crippen LogP contribution in [-0.2, 0) is 0 Å². The van der Waals surface area contributed by atoms with E-state index in [9.17, 15) is 0 Å². The minimum absolute atomic E-state index is 0.638. The van der Waals surface area contributed by atoms with Crippen LogP contribution in [-0.4, -0.2) is 35.1 Å². The summed E-state index contributed by atoms with van der Waals surface area (Å²) in [7, 11) is 3.44. The molecule has 0 atom stereocenters. The normalized spacial score (nSPS) is 10.6. The summed E-state index contributed by atoms with van der Waals surface area (Å²) < 4.78 is 13.8. The summed E-state index contributed by atoms with van der Waals surface area (Å²) in [5.41, 5.74) is 4.95. The van der Waals surface area contributed by atoms with E-state index in [0.29, 0.717) is 0 Å². The molecular weight excluding hydrogens is 472 g/mol. The molecule has 0 aliphatic rings. The Morgan fingerprint density at radius 2 is 0.931 bits per heavy atom. The van der Waals surface area contributed by atoms with Crippen molar-refractivity contribution in [2.45, 2.75) is 0 Å². The number of methoxy groups -OCH3 is 2. The second-order valence-corrected chi connectivity index (χ2v) is 9.65. The van der Waals surface area contributed by atoms with Gasteiger partial charge in [0, 0.05) is 0 Å². The zero-order valence-corrected chi connectivity index (χ0v) is 18.8. The molecule has 0 N–H and O–H groups in total. The Kier molecular flexibility index (Phi) is 6.20. The molecule has 0 fully saturated rings. The van der Waals surface area contributed by atoms with Gasteiger partial charge >= 0.3 is 183 Å². The molecule has 2 nitrogen and oxygen atoms in total. The van der Waals surface area contributed by atoms with Crippen molar-refractivity contribution < 1.29 is 9.47 Å². The van der Waals surface area contributed by atoms with Crippen molar-refractivity contribution in [3.05, 3.63) is 97.1 Å². The summed E-state index contributed by atoms with van der Waals surface area (Å²) in [6.45, 7) is 0. The molecule has 0 spiro atoms. The fourth-order valence-corrected chi connectivity index (χ4v) is 6.34. The van der Waals surface area contributed by atoms with Crippen LogP contribution in [0.25, 0.3) is 22.3 Å². The molecule has 3 heteroatoms. The zero-order valence-electron chi connectivity index (χ0n) is 16.5. The molecule has 0 unspecified atom stereocenters. The fraction of sp³-hybridized carbons (Fsp3) is 0.0769. The standard InChI is InChI=1S/C26H22O2Te/c1-27-21-13-15-25(23(17-21)19-9-5-3-6-10-19)29-26-16-14-22(28-2)18-24(26)20-11-7-4-8-12-20/h3-18H,1-2H3. The molecule has 4 aromatic carbocycles. The van der Waals surface area contributed by atoms with Crippen molar-refractivity contribution in [1.82, 2.24) is 0 Å². The van der Waals surface area contributed by atoms with E-state index in [1.165, 1.54) is 29.5 Å². The molecule has 0 aliphatic carbocycles. The van der Waals surface area contributed by atoms with Crippen LogP contribution in [0.4, 0.5) is 0 Å². The third kappa shape index (κ3) is 4.48. The summed E-state index contributed by atoms with van der Waals surface area (Å²) in [6, 6.07) is 34.0. The average Bonchev–Trinajstić information content (AvgIpc) is 2.80. The number of rotatable bonds is 6. The van der Waals surface area contributed by atoms with Crippen LogP contribution in [0.5, 0.6) is 11.5 Å². The first-order valence-electron chi connectivity index (χ1n) is 9.43. The molecule has 0 saturated carbocycles. The van der Waals surface area contributed by atoms with Gasteiger partial charge in [0.05, 0.1) is 0 Å². The molecular formula is C26H22O2Te. The Morgan fingerprint density at radius 3 is 1.31 bits per heavy atom. The molecule has 0 amide bonds. The van der Waals surface area contributed by atoms with E-state index < -0.39 is 20.9 Å². The van der Waals surface area contributed by atoms with Gasteiger partial charge in [-0.15, -0.1) is 0 Å². The van der Waals surface area contributed by atoms with Crippen molar-refractivity contribution in [3.63, 3.8) is 0 Å². The number of benzene rings is 4. The Hall–Kier alpha value is -2.73. The number of hydrogen-bond donors (Lipinski definition) is 0. The third-order valence-corrected chi connectivity index (χ3v) is 8.05. The van der Waals surface area contributed by atoms with E-state index >= 15 is 0 Å². The van der Waals surface area contributed by atoms with Gasteiger partial charge in [0.1, 0.15) is 0 Å².